The number of nitrogens with zero attached hydrogens (tertiary/aromatic N) is 5. The largest absolute Gasteiger partial charge is 0.345 e. The smallest absolute Gasteiger partial charge is 0.168 e. The lowest BCUT2D eigenvalue weighted by molar-refractivity contribution is 0.612. The van der Waals surface area contributed by atoms with Crippen LogP contribution in [0.4, 0.5) is 15.9 Å². The third kappa shape index (κ3) is 2.27. The average Bonchev–Trinajstić information content (AvgIpc) is 3.29. The highest BCUT2D eigenvalue weighted by Gasteiger charge is 2.13. The molecule has 0 saturated carbocycles. The second-order valence-corrected chi connectivity index (χ2v) is 5.73. The predicted octanol–water partition coefficient (Wildman–Crippen LogP) is 3.57. The van der Waals surface area contributed by atoms with Crippen molar-refractivity contribution in [3.63, 3.8) is 0 Å². The number of hydrogen-bond donors (Lipinski definition) is 2. The van der Waals surface area contributed by atoms with E-state index in [0.717, 1.165) is 16.7 Å². The first-order valence-corrected chi connectivity index (χ1v) is 7.93. The van der Waals surface area contributed by atoms with Gasteiger partial charge in [-0.2, -0.15) is 5.10 Å². The lowest BCUT2D eigenvalue weighted by atomic mass is 10.2. The Morgan fingerprint density at radius 1 is 1.04 bits per heavy atom. The van der Waals surface area contributed by atoms with E-state index in [1.165, 1.54) is 17.1 Å². The molecule has 0 radical (unpaired) electrons. The van der Waals surface area contributed by atoms with Crippen LogP contribution in [0.25, 0.3) is 27.8 Å². The topological polar surface area (TPSA) is 84.3 Å². The number of nitrogens with one attached hydrogen (secondary N) is 2. The van der Waals surface area contributed by atoms with Gasteiger partial charge in [-0.1, -0.05) is 12.1 Å². The highest BCUT2D eigenvalue weighted by molar-refractivity contribution is 5.90. The number of H-pyrrole nitrogens is 1. The van der Waals surface area contributed by atoms with Crippen molar-refractivity contribution in [1.29, 1.82) is 0 Å². The fraction of sp³-hybridized carbons (Fsp3) is 0. The van der Waals surface area contributed by atoms with E-state index in [0.29, 0.717) is 22.5 Å². The molecule has 3 aromatic heterocycles. The monoisotopic (exact) mass is 345 g/mol. The zero-order valence-electron chi connectivity index (χ0n) is 13.4. The van der Waals surface area contributed by atoms with Crippen molar-refractivity contribution in [2.75, 3.05) is 5.32 Å². The molecule has 0 amide bonds. The number of fused-ring (bicyclic) bond motifs is 2. The van der Waals surface area contributed by atoms with Crippen molar-refractivity contribution in [1.82, 2.24) is 29.7 Å². The van der Waals surface area contributed by atoms with Crippen molar-refractivity contribution in [2.24, 2.45) is 0 Å². The highest BCUT2D eigenvalue weighted by atomic mass is 19.1. The summed E-state index contributed by atoms with van der Waals surface area (Å²) in [6.07, 6.45) is 4.70. The van der Waals surface area contributed by atoms with E-state index in [-0.39, 0.29) is 5.82 Å². The highest BCUT2D eigenvalue weighted by Crippen LogP contribution is 2.26. The van der Waals surface area contributed by atoms with Gasteiger partial charge >= 0.3 is 0 Å². The summed E-state index contributed by atoms with van der Waals surface area (Å²) in [5.41, 5.74) is 3.51. The Labute approximate surface area is 146 Å². The van der Waals surface area contributed by atoms with E-state index < -0.39 is 0 Å². The molecule has 7 nitrogen and oxygen atoms in total. The van der Waals surface area contributed by atoms with Crippen molar-refractivity contribution in [2.45, 2.75) is 0 Å². The lowest BCUT2D eigenvalue weighted by Crippen LogP contribution is -2.01. The number of halogens is 1. The zero-order valence-corrected chi connectivity index (χ0v) is 13.4. The summed E-state index contributed by atoms with van der Waals surface area (Å²) in [5, 5.41) is 8.25. The van der Waals surface area contributed by atoms with E-state index in [9.17, 15) is 4.39 Å². The summed E-state index contributed by atoms with van der Waals surface area (Å²) in [5.74, 6) is 0.228. The van der Waals surface area contributed by atoms with E-state index in [2.05, 4.69) is 30.4 Å². The Balaban J connectivity index is 1.60. The van der Waals surface area contributed by atoms with Gasteiger partial charge in [-0.15, -0.1) is 0 Å². The van der Waals surface area contributed by atoms with E-state index >= 15 is 0 Å². The number of imidazole rings is 1. The van der Waals surface area contributed by atoms with Crippen LogP contribution in [0.2, 0.25) is 0 Å². The van der Waals surface area contributed by atoms with Crippen LogP contribution in [0.15, 0.2) is 61.3 Å². The number of hydrogen-bond acceptors (Lipinski definition) is 5. The molecule has 0 atom stereocenters. The summed E-state index contributed by atoms with van der Waals surface area (Å²) in [6, 6.07) is 12.2. The van der Waals surface area contributed by atoms with Gasteiger partial charge in [-0.25, -0.2) is 24.0 Å². The first-order chi connectivity index (χ1) is 12.8. The molecule has 0 aliphatic carbocycles. The molecule has 0 unspecified atom stereocenters. The minimum atomic E-state index is -0.365. The second-order valence-electron chi connectivity index (χ2n) is 5.73. The Morgan fingerprint density at radius 2 is 1.96 bits per heavy atom. The van der Waals surface area contributed by atoms with E-state index in [1.807, 2.05) is 18.2 Å². The molecule has 0 bridgehead atoms. The van der Waals surface area contributed by atoms with Gasteiger partial charge in [0.15, 0.2) is 5.65 Å². The van der Waals surface area contributed by atoms with Gasteiger partial charge in [-0.3, -0.25) is 0 Å². The summed E-state index contributed by atoms with van der Waals surface area (Å²) in [4.78, 5) is 15.9. The Bertz CT molecular complexity index is 1240. The van der Waals surface area contributed by atoms with Crippen LogP contribution in [-0.4, -0.2) is 29.7 Å². The maximum absolute atomic E-state index is 14.1. The van der Waals surface area contributed by atoms with Crippen LogP contribution in [0.3, 0.4) is 0 Å². The van der Waals surface area contributed by atoms with Crippen LogP contribution in [0.1, 0.15) is 0 Å². The van der Waals surface area contributed by atoms with Crippen molar-refractivity contribution in [3.05, 3.63) is 67.1 Å². The van der Waals surface area contributed by atoms with Crippen LogP contribution < -0.4 is 5.32 Å². The molecule has 0 aliphatic heterocycles. The number of anilines is 2. The predicted molar refractivity (Wildman–Crippen MR) is 96.0 cm³/mol. The molecule has 5 aromatic rings. The third-order valence-electron chi connectivity index (χ3n) is 4.13. The van der Waals surface area contributed by atoms with Crippen LogP contribution >= 0.6 is 0 Å². The quantitative estimate of drug-likeness (QED) is 0.522. The summed E-state index contributed by atoms with van der Waals surface area (Å²) in [7, 11) is 0. The van der Waals surface area contributed by atoms with Crippen molar-refractivity contribution >= 4 is 33.6 Å². The summed E-state index contributed by atoms with van der Waals surface area (Å²) >= 11 is 0. The van der Waals surface area contributed by atoms with E-state index in [4.69, 9.17) is 0 Å². The van der Waals surface area contributed by atoms with Crippen LogP contribution in [0, 0.1) is 5.82 Å². The average molecular weight is 345 g/mol. The molecular weight excluding hydrogens is 333 g/mol. The normalized spacial score (nSPS) is 11.3. The molecule has 0 spiro atoms. The number of rotatable bonds is 3. The van der Waals surface area contributed by atoms with Gasteiger partial charge in [-0.05, 0) is 30.3 Å². The SMILES string of the molecule is Fc1ccccc1-n1ncc2c(Nc3ccc4nc[nH]c4c3)ncnc21. The van der Waals surface area contributed by atoms with E-state index in [1.54, 1.807) is 30.7 Å². The number of benzene rings is 2. The van der Waals surface area contributed by atoms with Gasteiger partial charge in [0.1, 0.15) is 23.6 Å². The standard InChI is InChI=1S/C18H12FN7/c19-13-3-1-2-4-16(13)26-18-12(8-24-26)17(22-10-23-18)25-11-5-6-14-15(7-11)21-9-20-14/h1-10H,(H,20,21)(H,22,23,25). The number of aromatic amines is 1. The van der Waals surface area contributed by atoms with Crippen LogP contribution in [-0.2, 0) is 0 Å². The van der Waals surface area contributed by atoms with Gasteiger partial charge in [0.05, 0.1) is 28.9 Å². The number of aromatic nitrogens is 6. The minimum absolute atomic E-state index is 0.339. The lowest BCUT2D eigenvalue weighted by Gasteiger charge is -2.07. The first-order valence-electron chi connectivity index (χ1n) is 7.93. The molecule has 2 aromatic carbocycles. The maximum Gasteiger partial charge on any atom is 0.168 e. The summed E-state index contributed by atoms with van der Waals surface area (Å²) < 4.78 is 15.6. The molecule has 3 heterocycles. The first kappa shape index (κ1) is 14.5. The molecule has 0 fully saturated rings. The molecule has 0 aliphatic rings. The Kier molecular flexibility index (Phi) is 3.14. The van der Waals surface area contributed by atoms with Crippen molar-refractivity contribution < 1.29 is 4.39 Å². The third-order valence-corrected chi connectivity index (χ3v) is 4.13. The number of para-hydroxylation sites is 1. The zero-order chi connectivity index (χ0) is 17.5. The van der Waals surface area contributed by atoms with Gasteiger partial charge < -0.3 is 10.3 Å². The molecule has 5 rings (SSSR count). The molecule has 0 saturated heterocycles. The van der Waals surface area contributed by atoms with Gasteiger partial charge in [0.25, 0.3) is 0 Å². The van der Waals surface area contributed by atoms with Crippen LogP contribution in [0.5, 0.6) is 0 Å². The van der Waals surface area contributed by atoms with Gasteiger partial charge in [0, 0.05) is 5.69 Å². The Morgan fingerprint density at radius 3 is 2.88 bits per heavy atom. The maximum atomic E-state index is 14.1. The van der Waals surface area contributed by atoms with Gasteiger partial charge in [0.2, 0.25) is 0 Å². The molecule has 2 N–H and O–H groups in total. The fourth-order valence-corrected chi connectivity index (χ4v) is 2.89. The fourth-order valence-electron chi connectivity index (χ4n) is 2.89. The Hall–Kier alpha value is -3.81. The second kappa shape index (κ2) is 5.62. The molecule has 26 heavy (non-hydrogen) atoms. The van der Waals surface area contributed by atoms with Crippen molar-refractivity contribution in [3.8, 4) is 5.69 Å². The molecular formula is C18H12FN7. The summed E-state index contributed by atoms with van der Waals surface area (Å²) in [6.45, 7) is 0. The molecule has 8 heteroatoms. The minimum Gasteiger partial charge on any atom is -0.345 e. The molecule has 126 valence electrons.